The van der Waals surface area contributed by atoms with Gasteiger partial charge in [0.1, 0.15) is 5.75 Å². The van der Waals surface area contributed by atoms with Crippen molar-refractivity contribution in [2.24, 2.45) is 5.41 Å². The van der Waals surface area contributed by atoms with Crippen LogP contribution < -0.4 is 9.64 Å². The van der Waals surface area contributed by atoms with Gasteiger partial charge < -0.3 is 9.64 Å². The number of fused-ring (bicyclic) bond motifs is 1. The molecule has 0 atom stereocenters. The van der Waals surface area contributed by atoms with Crippen LogP contribution in [0.15, 0.2) is 18.2 Å². The first kappa shape index (κ1) is 12.9. The highest BCUT2D eigenvalue weighted by Crippen LogP contribution is 2.33. The highest BCUT2D eigenvalue weighted by molar-refractivity contribution is 5.95. The summed E-state index contributed by atoms with van der Waals surface area (Å²) in [6.07, 6.45) is 1.50. The van der Waals surface area contributed by atoms with E-state index in [1.54, 1.807) is 7.11 Å². The van der Waals surface area contributed by atoms with Crippen LogP contribution in [0.2, 0.25) is 0 Å². The summed E-state index contributed by atoms with van der Waals surface area (Å²) in [6.45, 7) is 7.07. The number of benzene rings is 1. The third kappa shape index (κ3) is 2.66. The molecule has 1 aliphatic heterocycles. The Morgan fingerprint density at radius 3 is 2.72 bits per heavy atom. The van der Waals surface area contributed by atoms with Gasteiger partial charge in [-0.2, -0.15) is 0 Å². The highest BCUT2D eigenvalue weighted by atomic mass is 16.5. The second kappa shape index (κ2) is 4.63. The zero-order valence-corrected chi connectivity index (χ0v) is 11.6. The molecule has 0 N–H and O–H groups in total. The maximum atomic E-state index is 12.3. The molecule has 1 aliphatic rings. The predicted octanol–water partition coefficient (Wildman–Crippen LogP) is 3.02. The van der Waals surface area contributed by atoms with E-state index < -0.39 is 0 Å². The summed E-state index contributed by atoms with van der Waals surface area (Å²) in [4.78, 5) is 14.2. The Labute approximate surface area is 109 Å². The Morgan fingerprint density at radius 1 is 1.39 bits per heavy atom. The fraction of sp³-hybridized carbons (Fsp3) is 0.533. The number of carbonyl (C=O) groups excluding carboxylic acids is 1. The summed E-state index contributed by atoms with van der Waals surface area (Å²) in [5.41, 5.74) is 2.29. The first-order chi connectivity index (χ1) is 8.40. The Hall–Kier alpha value is -1.51. The average Bonchev–Trinajstić information content (AvgIpc) is 2.69. The van der Waals surface area contributed by atoms with Crippen LogP contribution in [0, 0.1) is 5.41 Å². The molecule has 0 fully saturated rings. The van der Waals surface area contributed by atoms with Crippen molar-refractivity contribution < 1.29 is 9.53 Å². The third-order valence-corrected chi connectivity index (χ3v) is 3.16. The van der Waals surface area contributed by atoms with E-state index in [1.165, 1.54) is 5.56 Å². The van der Waals surface area contributed by atoms with Gasteiger partial charge >= 0.3 is 0 Å². The molecule has 1 aromatic carbocycles. The average molecular weight is 247 g/mol. The lowest BCUT2D eigenvalue weighted by atomic mass is 9.91. The number of amides is 1. The molecule has 0 bridgehead atoms. The van der Waals surface area contributed by atoms with Crippen LogP contribution in [0.1, 0.15) is 32.8 Å². The van der Waals surface area contributed by atoms with Crippen molar-refractivity contribution in [3.8, 4) is 5.75 Å². The van der Waals surface area contributed by atoms with Crippen molar-refractivity contribution in [3.63, 3.8) is 0 Å². The lowest BCUT2D eigenvalue weighted by Crippen LogP contribution is -2.31. The van der Waals surface area contributed by atoms with Gasteiger partial charge in [-0.05, 0) is 35.6 Å². The topological polar surface area (TPSA) is 29.5 Å². The van der Waals surface area contributed by atoms with Crippen molar-refractivity contribution in [2.75, 3.05) is 18.6 Å². The maximum absolute atomic E-state index is 12.3. The van der Waals surface area contributed by atoms with Crippen molar-refractivity contribution in [2.45, 2.75) is 33.6 Å². The monoisotopic (exact) mass is 247 g/mol. The van der Waals surface area contributed by atoms with Crippen molar-refractivity contribution in [3.05, 3.63) is 23.8 Å². The van der Waals surface area contributed by atoms with Gasteiger partial charge in [0.15, 0.2) is 0 Å². The molecule has 1 amide bonds. The van der Waals surface area contributed by atoms with Crippen molar-refractivity contribution >= 4 is 11.6 Å². The molecule has 3 heteroatoms. The molecule has 2 rings (SSSR count). The van der Waals surface area contributed by atoms with Gasteiger partial charge in [-0.1, -0.05) is 20.8 Å². The van der Waals surface area contributed by atoms with Crippen molar-refractivity contribution in [1.82, 2.24) is 0 Å². The molecule has 0 saturated heterocycles. The number of hydrogen-bond acceptors (Lipinski definition) is 2. The van der Waals surface area contributed by atoms with Gasteiger partial charge in [-0.25, -0.2) is 0 Å². The minimum atomic E-state index is 0.0340. The molecule has 0 saturated carbocycles. The number of methoxy groups -OCH3 is 1. The van der Waals surface area contributed by atoms with Crippen LogP contribution in [0.4, 0.5) is 5.69 Å². The predicted molar refractivity (Wildman–Crippen MR) is 73.1 cm³/mol. The normalized spacial score (nSPS) is 14.6. The summed E-state index contributed by atoms with van der Waals surface area (Å²) in [6, 6.07) is 5.93. The minimum Gasteiger partial charge on any atom is -0.497 e. The molecular weight excluding hydrogens is 226 g/mol. The van der Waals surface area contributed by atoms with Crippen LogP contribution in [0.3, 0.4) is 0 Å². The van der Waals surface area contributed by atoms with E-state index in [2.05, 4.69) is 20.8 Å². The molecule has 3 nitrogen and oxygen atoms in total. The number of anilines is 1. The number of rotatable bonds is 2. The fourth-order valence-electron chi connectivity index (χ4n) is 2.31. The summed E-state index contributed by atoms with van der Waals surface area (Å²) < 4.78 is 5.21. The lowest BCUT2D eigenvalue weighted by molar-refractivity contribution is -0.120. The van der Waals surface area contributed by atoms with Crippen molar-refractivity contribution in [1.29, 1.82) is 0 Å². The fourth-order valence-corrected chi connectivity index (χ4v) is 2.31. The van der Waals surface area contributed by atoms with E-state index >= 15 is 0 Å². The molecule has 1 heterocycles. The molecule has 0 aliphatic carbocycles. The van der Waals surface area contributed by atoms with Gasteiger partial charge in [0.05, 0.1) is 7.11 Å². The Bertz CT molecular complexity index is 460. The SMILES string of the molecule is COc1ccc2c(c1)CCN2C(=O)CC(C)(C)C. The molecule has 0 unspecified atom stereocenters. The van der Waals surface area contributed by atoms with E-state index in [0.717, 1.165) is 24.4 Å². The third-order valence-electron chi connectivity index (χ3n) is 3.16. The van der Waals surface area contributed by atoms with Gasteiger partial charge in [0.25, 0.3) is 0 Å². The summed E-state index contributed by atoms with van der Waals surface area (Å²) >= 11 is 0. The first-order valence-electron chi connectivity index (χ1n) is 6.38. The van der Waals surface area contributed by atoms with Crippen LogP contribution in [0.25, 0.3) is 0 Å². The lowest BCUT2D eigenvalue weighted by Gasteiger charge is -2.23. The number of carbonyl (C=O) groups is 1. The van der Waals surface area contributed by atoms with E-state index in [1.807, 2.05) is 23.1 Å². The molecule has 1 aromatic rings. The largest absolute Gasteiger partial charge is 0.497 e. The zero-order chi connectivity index (χ0) is 13.3. The van der Waals surface area contributed by atoms with Gasteiger partial charge in [-0.3, -0.25) is 4.79 Å². The smallest absolute Gasteiger partial charge is 0.227 e. The number of hydrogen-bond donors (Lipinski definition) is 0. The Kier molecular flexibility index (Phi) is 3.33. The summed E-state index contributed by atoms with van der Waals surface area (Å²) in [7, 11) is 1.67. The van der Waals surface area contributed by atoms with Crippen LogP contribution >= 0.6 is 0 Å². The zero-order valence-electron chi connectivity index (χ0n) is 11.6. The Balaban J connectivity index is 2.19. The van der Waals surface area contributed by atoms with E-state index in [9.17, 15) is 4.79 Å². The first-order valence-corrected chi connectivity index (χ1v) is 6.38. The molecule has 0 radical (unpaired) electrons. The van der Waals surface area contributed by atoms with Gasteiger partial charge in [0, 0.05) is 18.7 Å². The minimum absolute atomic E-state index is 0.0340. The van der Waals surface area contributed by atoms with Crippen LogP contribution in [0.5, 0.6) is 5.75 Å². The molecule has 98 valence electrons. The van der Waals surface area contributed by atoms with Crippen LogP contribution in [-0.2, 0) is 11.2 Å². The highest BCUT2D eigenvalue weighted by Gasteiger charge is 2.27. The summed E-state index contributed by atoms with van der Waals surface area (Å²) in [5.74, 6) is 1.07. The second-order valence-corrected chi connectivity index (χ2v) is 6.03. The quantitative estimate of drug-likeness (QED) is 0.804. The summed E-state index contributed by atoms with van der Waals surface area (Å²) in [5, 5.41) is 0. The molecule has 0 aromatic heterocycles. The van der Waals surface area contributed by atoms with E-state index in [0.29, 0.717) is 6.42 Å². The molecule has 0 spiro atoms. The van der Waals surface area contributed by atoms with Crippen LogP contribution in [-0.4, -0.2) is 19.6 Å². The maximum Gasteiger partial charge on any atom is 0.227 e. The number of ether oxygens (including phenoxy) is 1. The second-order valence-electron chi connectivity index (χ2n) is 6.03. The van der Waals surface area contributed by atoms with E-state index in [4.69, 9.17) is 4.74 Å². The van der Waals surface area contributed by atoms with Gasteiger partial charge in [0.2, 0.25) is 5.91 Å². The van der Waals surface area contributed by atoms with Gasteiger partial charge in [-0.15, -0.1) is 0 Å². The Morgan fingerprint density at radius 2 is 2.11 bits per heavy atom. The molecule has 18 heavy (non-hydrogen) atoms. The standard InChI is InChI=1S/C15H21NO2/c1-15(2,3)10-14(17)16-8-7-11-9-12(18-4)5-6-13(11)16/h5-6,9H,7-8,10H2,1-4H3. The van der Waals surface area contributed by atoms with E-state index in [-0.39, 0.29) is 11.3 Å². The molecular formula is C15H21NO2. The number of nitrogens with zero attached hydrogens (tertiary/aromatic N) is 1.